The molecule has 0 unspecified atom stereocenters. The molecule has 0 aliphatic heterocycles. The van der Waals surface area contributed by atoms with Crippen LogP contribution in [-0.2, 0) is 13.6 Å². The summed E-state index contributed by atoms with van der Waals surface area (Å²) in [6.07, 6.45) is 0. The fourth-order valence-corrected chi connectivity index (χ4v) is 1.09. The van der Waals surface area contributed by atoms with E-state index in [9.17, 15) is 4.57 Å². The van der Waals surface area contributed by atoms with E-state index in [1.54, 1.807) is 13.8 Å². The molecule has 0 bridgehead atoms. The van der Waals surface area contributed by atoms with Gasteiger partial charge < -0.3 is 4.89 Å². The molecule has 0 amide bonds. The van der Waals surface area contributed by atoms with Crippen molar-refractivity contribution in [1.82, 2.24) is 0 Å². The van der Waals surface area contributed by atoms with E-state index in [2.05, 4.69) is 9.05 Å². The first-order valence-electron chi connectivity index (χ1n) is 2.74. The summed E-state index contributed by atoms with van der Waals surface area (Å²) < 4.78 is 19.2. The molecule has 0 radical (unpaired) electrons. The summed E-state index contributed by atoms with van der Waals surface area (Å²) in [6, 6.07) is 0. The summed E-state index contributed by atoms with van der Waals surface area (Å²) in [5.41, 5.74) is 0. The van der Waals surface area contributed by atoms with Crippen molar-refractivity contribution >= 4 is 53.3 Å². The number of phosphoric acid groups is 1. The molecule has 0 aliphatic rings. The first kappa shape index (κ1) is 14.1. The van der Waals surface area contributed by atoms with Gasteiger partial charge in [0.25, 0.3) is 0 Å². The van der Waals surface area contributed by atoms with E-state index in [-0.39, 0.29) is 58.7 Å². The van der Waals surface area contributed by atoms with E-state index in [0.717, 1.165) is 0 Å². The van der Waals surface area contributed by atoms with E-state index in [1.807, 2.05) is 0 Å². The number of rotatable bonds is 4. The Kier molecular flexibility index (Phi) is 10.2. The van der Waals surface area contributed by atoms with Crippen LogP contribution in [0.15, 0.2) is 0 Å². The zero-order valence-corrected chi connectivity index (χ0v) is 6.43. The number of hydrogen-bond donors (Lipinski definition) is 1. The van der Waals surface area contributed by atoms with Crippen molar-refractivity contribution in [3.05, 3.63) is 0 Å². The molecule has 60 valence electrons. The Morgan fingerprint density at radius 1 is 1.30 bits per heavy atom. The third-order valence-electron chi connectivity index (χ3n) is 0.584. The van der Waals surface area contributed by atoms with Gasteiger partial charge in [0, 0.05) is 0 Å². The topological polar surface area (TPSA) is 55.8 Å². The van der Waals surface area contributed by atoms with Crippen LogP contribution in [0.4, 0.5) is 0 Å². The average Bonchev–Trinajstić information content (AvgIpc) is 1.64. The first-order valence-corrected chi connectivity index (χ1v) is 4.23. The van der Waals surface area contributed by atoms with E-state index in [4.69, 9.17) is 4.89 Å². The van der Waals surface area contributed by atoms with Gasteiger partial charge in [0.1, 0.15) is 0 Å². The molecule has 0 saturated heterocycles. The van der Waals surface area contributed by atoms with Crippen molar-refractivity contribution in [1.29, 1.82) is 0 Å². The normalized spacial score (nSPS) is 10.7. The standard InChI is InChI=1S/C4H11O4P.Sr.2H/c1-3-7-9(5,6)8-4-2;;;/h3-4H2,1-2H3,(H,5,6);;;. The van der Waals surface area contributed by atoms with Crippen LogP contribution in [0.3, 0.4) is 0 Å². The number of phosphoric ester groups is 1. The Morgan fingerprint density at radius 2 is 1.60 bits per heavy atom. The Balaban J connectivity index is 0. The van der Waals surface area contributed by atoms with Crippen molar-refractivity contribution < 1.29 is 18.5 Å². The van der Waals surface area contributed by atoms with Crippen molar-refractivity contribution in [2.75, 3.05) is 13.2 Å². The second-order valence-electron chi connectivity index (χ2n) is 1.30. The molecule has 0 heterocycles. The van der Waals surface area contributed by atoms with Gasteiger partial charge in [0.2, 0.25) is 0 Å². The van der Waals surface area contributed by atoms with Gasteiger partial charge >= 0.3 is 53.3 Å². The van der Waals surface area contributed by atoms with E-state index in [0.29, 0.717) is 0 Å². The summed E-state index contributed by atoms with van der Waals surface area (Å²) in [6.45, 7) is 3.63. The van der Waals surface area contributed by atoms with E-state index >= 15 is 0 Å². The van der Waals surface area contributed by atoms with E-state index < -0.39 is 7.82 Å². The summed E-state index contributed by atoms with van der Waals surface area (Å²) in [5.74, 6) is 0. The van der Waals surface area contributed by atoms with Crippen molar-refractivity contribution in [2.45, 2.75) is 13.8 Å². The predicted octanol–water partition coefficient (Wildman–Crippen LogP) is 0.244. The van der Waals surface area contributed by atoms with Crippen LogP contribution in [0, 0.1) is 0 Å². The van der Waals surface area contributed by atoms with Gasteiger partial charge in [-0.1, -0.05) is 0 Å². The summed E-state index contributed by atoms with van der Waals surface area (Å²) in [5, 5.41) is 0. The molecule has 10 heavy (non-hydrogen) atoms. The summed E-state index contributed by atoms with van der Waals surface area (Å²) in [7, 11) is -3.69. The maximum atomic E-state index is 10.5. The predicted molar refractivity (Wildman–Crippen MR) is 41.6 cm³/mol. The van der Waals surface area contributed by atoms with Gasteiger partial charge in [-0.3, -0.25) is 9.05 Å². The Hall–Kier alpha value is 1.59. The zero-order valence-electron chi connectivity index (χ0n) is 5.53. The van der Waals surface area contributed by atoms with Gasteiger partial charge in [0.15, 0.2) is 0 Å². The van der Waals surface area contributed by atoms with Gasteiger partial charge in [-0.2, -0.15) is 0 Å². The molecular formula is C4H13O4PSr. The third kappa shape index (κ3) is 7.69. The summed E-state index contributed by atoms with van der Waals surface area (Å²) in [4.78, 5) is 8.63. The molecule has 0 rings (SSSR count). The Labute approximate surface area is 97.8 Å². The Bertz CT molecular complexity index is 108. The fourth-order valence-electron chi connectivity index (χ4n) is 0.364. The van der Waals surface area contributed by atoms with Crippen molar-refractivity contribution in [2.24, 2.45) is 0 Å². The summed E-state index contributed by atoms with van der Waals surface area (Å²) >= 11 is 0. The molecular weight excluding hydrogens is 231 g/mol. The average molecular weight is 244 g/mol. The first-order chi connectivity index (χ1) is 4.12. The van der Waals surface area contributed by atoms with Gasteiger partial charge in [-0.15, -0.1) is 0 Å². The maximum absolute atomic E-state index is 10.5. The molecule has 0 aliphatic carbocycles. The van der Waals surface area contributed by atoms with Crippen molar-refractivity contribution in [3.8, 4) is 0 Å². The second kappa shape index (κ2) is 7.25. The van der Waals surface area contributed by atoms with Crippen LogP contribution in [-0.4, -0.2) is 63.6 Å². The van der Waals surface area contributed by atoms with Crippen LogP contribution < -0.4 is 0 Å². The zero-order chi connectivity index (χ0) is 7.33. The molecule has 0 fully saturated rings. The molecule has 0 aromatic carbocycles. The fraction of sp³-hybridized carbons (Fsp3) is 1.00. The van der Waals surface area contributed by atoms with Gasteiger partial charge in [0.05, 0.1) is 13.2 Å². The molecule has 0 saturated carbocycles. The van der Waals surface area contributed by atoms with Crippen molar-refractivity contribution in [3.63, 3.8) is 0 Å². The van der Waals surface area contributed by atoms with Crippen LogP contribution >= 0.6 is 7.82 Å². The second-order valence-corrected chi connectivity index (χ2v) is 2.76. The van der Waals surface area contributed by atoms with Crippen LogP contribution in [0.1, 0.15) is 13.8 Å². The molecule has 1 N–H and O–H groups in total. The van der Waals surface area contributed by atoms with Crippen LogP contribution in [0.5, 0.6) is 0 Å². The third-order valence-corrected chi connectivity index (χ3v) is 1.75. The minimum absolute atomic E-state index is 0. The molecule has 4 nitrogen and oxygen atoms in total. The molecule has 0 atom stereocenters. The van der Waals surface area contributed by atoms with E-state index in [1.165, 1.54) is 0 Å². The van der Waals surface area contributed by atoms with Crippen LogP contribution in [0.25, 0.3) is 0 Å². The van der Waals surface area contributed by atoms with Crippen LogP contribution in [0.2, 0.25) is 0 Å². The SMILES string of the molecule is CCOP(=O)(O)OCC.[SrH2]. The monoisotopic (exact) mass is 244 g/mol. The van der Waals surface area contributed by atoms with Gasteiger partial charge in [-0.25, -0.2) is 4.57 Å². The minimum atomic E-state index is -3.69. The number of hydrogen-bond acceptors (Lipinski definition) is 3. The Morgan fingerprint density at radius 3 is 1.80 bits per heavy atom. The molecule has 0 aromatic rings. The molecule has 0 spiro atoms. The molecule has 0 aromatic heterocycles. The molecule has 6 heteroatoms. The quantitative estimate of drug-likeness (QED) is 0.568. The van der Waals surface area contributed by atoms with Gasteiger partial charge in [-0.05, 0) is 13.8 Å².